The maximum absolute atomic E-state index is 5.95. The first-order valence-corrected chi connectivity index (χ1v) is 7.74. The van der Waals surface area contributed by atoms with Crippen molar-refractivity contribution in [2.24, 2.45) is 0 Å². The summed E-state index contributed by atoms with van der Waals surface area (Å²) in [5.74, 6) is 0.810. The van der Waals surface area contributed by atoms with Gasteiger partial charge in [-0.2, -0.15) is 0 Å². The number of thiol groups is 1. The minimum absolute atomic E-state index is 0.548. The molecule has 0 fully saturated rings. The fourth-order valence-corrected chi connectivity index (χ4v) is 2.68. The quantitative estimate of drug-likeness (QED) is 0.624. The molecule has 3 rings (SSSR count). The Morgan fingerprint density at radius 3 is 2.27 bits per heavy atom. The van der Waals surface area contributed by atoms with Crippen LogP contribution in [-0.2, 0) is 6.61 Å². The maximum Gasteiger partial charge on any atom is 0.133 e. The van der Waals surface area contributed by atoms with Crippen LogP contribution in [0.2, 0.25) is 0 Å². The molecule has 0 radical (unpaired) electrons. The van der Waals surface area contributed by atoms with Gasteiger partial charge >= 0.3 is 0 Å². The van der Waals surface area contributed by atoms with E-state index in [0.717, 1.165) is 27.3 Å². The highest BCUT2D eigenvalue weighted by Gasteiger charge is 2.08. The lowest BCUT2D eigenvalue weighted by atomic mass is 10.1. The molecule has 1 nitrogen and oxygen atoms in total. The maximum atomic E-state index is 5.95. The van der Waals surface area contributed by atoms with E-state index < -0.39 is 0 Å². The monoisotopic (exact) mass is 306 g/mol. The minimum atomic E-state index is 0.548. The van der Waals surface area contributed by atoms with E-state index in [0.29, 0.717) is 6.61 Å². The highest BCUT2D eigenvalue weighted by molar-refractivity contribution is 7.80. The van der Waals surface area contributed by atoms with E-state index >= 15 is 0 Å². The molecule has 0 bridgehead atoms. The van der Waals surface area contributed by atoms with Crippen molar-refractivity contribution in [3.8, 4) is 16.9 Å². The summed E-state index contributed by atoms with van der Waals surface area (Å²) in [6.07, 6.45) is 0. The summed E-state index contributed by atoms with van der Waals surface area (Å²) >= 11 is 4.66. The Hall–Kier alpha value is -2.19. The first kappa shape index (κ1) is 14.7. The summed E-state index contributed by atoms with van der Waals surface area (Å²) in [5, 5.41) is 0. The third-order valence-corrected chi connectivity index (χ3v) is 4.06. The number of benzene rings is 3. The lowest BCUT2D eigenvalue weighted by molar-refractivity contribution is 0.299. The summed E-state index contributed by atoms with van der Waals surface area (Å²) in [6.45, 7) is 2.63. The number of aryl methyl sites for hydroxylation is 1. The SMILES string of the molecule is Cc1ccc(COc2cccc(-c3ccccc3)c2S)cc1. The summed E-state index contributed by atoms with van der Waals surface area (Å²) in [6, 6.07) is 24.7. The van der Waals surface area contributed by atoms with E-state index in [2.05, 4.69) is 62.0 Å². The summed E-state index contributed by atoms with van der Waals surface area (Å²) in [7, 11) is 0. The zero-order chi connectivity index (χ0) is 15.4. The third kappa shape index (κ3) is 3.34. The van der Waals surface area contributed by atoms with Crippen LogP contribution < -0.4 is 4.74 Å². The number of rotatable bonds is 4. The van der Waals surface area contributed by atoms with Gasteiger partial charge in [-0.3, -0.25) is 0 Å². The molecular weight excluding hydrogens is 288 g/mol. The van der Waals surface area contributed by atoms with Crippen molar-refractivity contribution < 1.29 is 4.74 Å². The van der Waals surface area contributed by atoms with Crippen LogP contribution in [0, 0.1) is 6.92 Å². The number of hydrogen-bond acceptors (Lipinski definition) is 2. The predicted molar refractivity (Wildman–Crippen MR) is 94.6 cm³/mol. The molecule has 2 heteroatoms. The van der Waals surface area contributed by atoms with Gasteiger partial charge in [0.2, 0.25) is 0 Å². The molecule has 0 saturated heterocycles. The van der Waals surface area contributed by atoms with E-state index in [1.54, 1.807) is 0 Å². The Bertz CT molecular complexity index is 748. The van der Waals surface area contributed by atoms with Crippen LogP contribution >= 0.6 is 12.6 Å². The van der Waals surface area contributed by atoms with Crippen molar-refractivity contribution >= 4 is 12.6 Å². The second-order valence-electron chi connectivity index (χ2n) is 5.29. The van der Waals surface area contributed by atoms with Gasteiger partial charge in [-0.05, 0) is 29.7 Å². The van der Waals surface area contributed by atoms with Crippen LogP contribution in [0.5, 0.6) is 5.75 Å². The molecule has 0 spiro atoms. The molecular formula is C20H18OS. The lowest BCUT2D eigenvalue weighted by Crippen LogP contribution is -1.97. The Morgan fingerprint density at radius 2 is 1.55 bits per heavy atom. The minimum Gasteiger partial charge on any atom is -0.488 e. The standard InChI is InChI=1S/C20H18OS/c1-15-10-12-16(13-11-15)14-21-19-9-5-8-18(20(19)22)17-6-3-2-4-7-17/h2-13,22H,14H2,1H3. The predicted octanol–water partition coefficient (Wildman–Crippen LogP) is 5.53. The van der Waals surface area contributed by atoms with E-state index in [1.165, 1.54) is 5.56 Å². The molecule has 0 aromatic heterocycles. The van der Waals surface area contributed by atoms with Gasteiger partial charge in [0, 0.05) is 0 Å². The average molecular weight is 306 g/mol. The molecule has 0 N–H and O–H groups in total. The van der Waals surface area contributed by atoms with Gasteiger partial charge in [-0.1, -0.05) is 72.3 Å². The van der Waals surface area contributed by atoms with Crippen LogP contribution in [0.15, 0.2) is 77.7 Å². The summed E-state index contributed by atoms with van der Waals surface area (Å²) in [4.78, 5) is 0.876. The van der Waals surface area contributed by atoms with Gasteiger partial charge in [-0.15, -0.1) is 12.6 Å². The zero-order valence-corrected chi connectivity index (χ0v) is 13.4. The van der Waals surface area contributed by atoms with Crippen LogP contribution in [0.4, 0.5) is 0 Å². The van der Waals surface area contributed by atoms with Gasteiger partial charge in [0.05, 0.1) is 4.90 Å². The molecule has 3 aromatic rings. The Labute approximate surface area is 137 Å². The van der Waals surface area contributed by atoms with E-state index in [-0.39, 0.29) is 0 Å². The first-order chi connectivity index (χ1) is 10.7. The van der Waals surface area contributed by atoms with E-state index in [9.17, 15) is 0 Å². The third-order valence-electron chi connectivity index (χ3n) is 3.60. The largest absolute Gasteiger partial charge is 0.488 e. The van der Waals surface area contributed by atoms with Crippen molar-refractivity contribution in [2.75, 3.05) is 0 Å². The van der Waals surface area contributed by atoms with Gasteiger partial charge in [0.1, 0.15) is 12.4 Å². The molecule has 0 unspecified atom stereocenters. The fourth-order valence-electron chi connectivity index (χ4n) is 2.33. The second-order valence-corrected chi connectivity index (χ2v) is 5.74. The smallest absolute Gasteiger partial charge is 0.133 e. The van der Waals surface area contributed by atoms with Crippen LogP contribution in [0.3, 0.4) is 0 Å². The highest BCUT2D eigenvalue weighted by atomic mass is 32.1. The Morgan fingerprint density at radius 1 is 0.818 bits per heavy atom. The lowest BCUT2D eigenvalue weighted by Gasteiger charge is -2.12. The molecule has 0 aliphatic rings. The van der Waals surface area contributed by atoms with E-state index in [1.807, 2.05) is 30.3 Å². The highest BCUT2D eigenvalue weighted by Crippen LogP contribution is 2.34. The molecule has 0 amide bonds. The van der Waals surface area contributed by atoms with Crippen LogP contribution in [0.25, 0.3) is 11.1 Å². The molecule has 22 heavy (non-hydrogen) atoms. The zero-order valence-electron chi connectivity index (χ0n) is 12.5. The van der Waals surface area contributed by atoms with Crippen LogP contribution in [-0.4, -0.2) is 0 Å². The Kier molecular flexibility index (Phi) is 4.50. The van der Waals surface area contributed by atoms with Crippen molar-refractivity contribution in [1.29, 1.82) is 0 Å². The molecule has 0 aliphatic heterocycles. The van der Waals surface area contributed by atoms with Gasteiger partial charge in [0.15, 0.2) is 0 Å². The summed E-state index contributed by atoms with van der Waals surface area (Å²) < 4.78 is 5.95. The number of ether oxygens (including phenoxy) is 1. The molecule has 110 valence electrons. The molecule has 0 aliphatic carbocycles. The average Bonchev–Trinajstić information content (AvgIpc) is 2.56. The topological polar surface area (TPSA) is 9.23 Å². The van der Waals surface area contributed by atoms with E-state index in [4.69, 9.17) is 4.74 Å². The Balaban J connectivity index is 1.81. The molecule has 0 heterocycles. The summed E-state index contributed by atoms with van der Waals surface area (Å²) in [5.41, 5.74) is 4.65. The normalized spacial score (nSPS) is 10.5. The van der Waals surface area contributed by atoms with Crippen molar-refractivity contribution in [3.63, 3.8) is 0 Å². The molecule has 0 atom stereocenters. The molecule has 0 saturated carbocycles. The van der Waals surface area contributed by atoms with Gasteiger partial charge in [0.25, 0.3) is 0 Å². The molecule has 3 aromatic carbocycles. The second kappa shape index (κ2) is 6.71. The van der Waals surface area contributed by atoms with Gasteiger partial charge in [-0.25, -0.2) is 0 Å². The van der Waals surface area contributed by atoms with Crippen molar-refractivity contribution in [2.45, 2.75) is 18.4 Å². The van der Waals surface area contributed by atoms with Gasteiger partial charge < -0.3 is 4.74 Å². The fraction of sp³-hybridized carbons (Fsp3) is 0.100. The first-order valence-electron chi connectivity index (χ1n) is 7.30. The number of hydrogen-bond donors (Lipinski definition) is 1. The van der Waals surface area contributed by atoms with Crippen molar-refractivity contribution in [3.05, 3.63) is 83.9 Å². The van der Waals surface area contributed by atoms with Crippen LogP contribution in [0.1, 0.15) is 11.1 Å². The van der Waals surface area contributed by atoms with Crippen molar-refractivity contribution in [1.82, 2.24) is 0 Å².